The molecule has 1 aliphatic rings. The van der Waals surface area contributed by atoms with Crippen LogP contribution in [0.25, 0.3) is 0 Å². The van der Waals surface area contributed by atoms with E-state index < -0.39 is 10.0 Å². The molecule has 26 heavy (non-hydrogen) atoms. The van der Waals surface area contributed by atoms with Crippen molar-refractivity contribution >= 4 is 16.0 Å². The highest BCUT2D eigenvalue weighted by Gasteiger charge is 2.32. The zero-order valence-electron chi connectivity index (χ0n) is 15.7. The number of ether oxygens (including phenoxy) is 2. The van der Waals surface area contributed by atoms with Crippen LogP contribution in [-0.2, 0) is 19.6 Å². The Bertz CT molecular complexity index is 698. The predicted octanol–water partition coefficient (Wildman–Crippen LogP) is 3.11. The van der Waals surface area contributed by atoms with Crippen LogP contribution >= 0.6 is 0 Å². The second kappa shape index (κ2) is 8.39. The first-order valence-corrected chi connectivity index (χ1v) is 10.5. The summed E-state index contributed by atoms with van der Waals surface area (Å²) < 4.78 is 33.2. The molecular weight excluding hydrogens is 354 g/mol. The van der Waals surface area contributed by atoms with Crippen LogP contribution in [0.1, 0.15) is 46.5 Å². The van der Waals surface area contributed by atoms with Gasteiger partial charge < -0.3 is 9.47 Å². The summed E-state index contributed by atoms with van der Waals surface area (Å²) in [6.07, 6.45) is 3.90. The molecule has 146 valence electrons. The third kappa shape index (κ3) is 5.99. The SMILES string of the molecule is CC(C)(C)C1CCC(C(=O)OCCOc2ccc(S(N)(=O)=O)cc2)CC1. The van der Waals surface area contributed by atoms with Gasteiger partial charge in [-0.2, -0.15) is 0 Å². The van der Waals surface area contributed by atoms with Crippen molar-refractivity contribution < 1.29 is 22.7 Å². The lowest BCUT2D eigenvalue weighted by atomic mass is 9.70. The molecule has 0 unspecified atom stereocenters. The Hall–Kier alpha value is -1.60. The van der Waals surface area contributed by atoms with Gasteiger partial charge in [0, 0.05) is 0 Å². The van der Waals surface area contributed by atoms with E-state index in [0.29, 0.717) is 17.1 Å². The molecule has 0 amide bonds. The van der Waals surface area contributed by atoms with Gasteiger partial charge in [0.25, 0.3) is 0 Å². The molecule has 1 aromatic carbocycles. The molecule has 0 saturated heterocycles. The first-order chi connectivity index (χ1) is 12.1. The van der Waals surface area contributed by atoms with Crippen molar-refractivity contribution in [2.24, 2.45) is 22.4 Å². The van der Waals surface area contributed by atoms with Gasteiger partial charge in [-0.05, 0) is 61.3 Å². The van der Waals surface area contributed by atoms with Crippen molar-refractivity contribution in [3.05, 3.63) is 24.3 Å². The Kier molecular flexibility index (Phi) is 6.69. The summed E-state index contributed by atoms with van der Waals surface area (Å²) in [5.74, 6) is 1.00. The quantitative estimate of drug-likeness (QED) is 0.601. The molecule has 2 rings (SSSR count). The van der Waals surface area contributed by atoms with Crippen LogP contribution in [0.2, 0.25) is 0 Å². The van der Waals surface area contributed by atoms with E-state index in [0.717, 1.165) is 25.7 Å². The van der Waals surface area contributed by atoms with E-state index >= 15 is 0 Å². The highest BCUT2D eigenvalue weighted by molar-refractivity contribution is 7.89. The average molecular weight is 384 g/mol. The number of esters is 1. The zero-order chi connectivity index (χ0) is 19.4. The molecule has 1 saturated carbocycles. The van der Waals surface area contributed by atoms with Gasteiger partial charge >= 0.3 is 5.97 Å². The fourth-order valence-corrected chi connectivity index (χ4v) is 3.86. The monoisotopic (exact) mass is 383 g/mol. The molecule has 0 aromatic heterocycles. The zero-order valence-corrected chi connectivity index (χ0v) is 16.6. The first kappa shape index (κ1) is 20.7. The Morgan fingerprint density at radius 1 is 1.08 bits per heavy atom. The summed E-state index contributed by atoms with van der Waals surface area (Å²) in [5, 5.41) is 5.04. The largest absolute Gasteiger partial charge is 0.490 e. The van der Waals surface area contributed by atoms with Gasteiger partial charge in [0.15, 0.2) is 0 Å². The van der Waals surface area contributed by atoms with Crippen molar-refractivity contribution in [2.45, 2.75) is 51.3 Å². The lowest BCUT2D eigenvalue weighted by molar-refractivity contribution is -0.151. The molecule has 7 heteroatoms. The molecule has 1 aromatic rings. The maximum Gasteiger partial charge on any atom is 0.309 e. The molecular formula is C19H29NO5S. The van der Waals surface area contributed by atoms with E-state index in [2.05, 4.69) is 20.8 Å². The fourth-order valence-electron chi connectivity index (χ4n) is 3.34. The minimum atomic E-state index is -3.71. The van der Waals surface area contributed by atoms with Crippen LogP contribution in [0.15, 0.2) is 29.2 Å². The van der Waals surface area contributed by atoms with Gasteiger partial charge in [0.2, 0.25) is 10.0 Å². The molecule has 1 fully saturated rings. The second-order valence-electron chi connectivity index (χ2n) is 7.95. The number of rotatable bonds is 6. The van der Waals surface area contributed by atoms with Crippen LogP contribution < -0.4 is 9.88 Å². The number of benzene rings is 1. The molecule has 2 N–H and O–H groups in total. The summed E-state index contributed by atoms with van der Waals surface area (Å²) in [6, 6.07) is 5.80. The molecule has 0 spiro atoms. The summed E-state index contributed by atoms with van der Waals surface area (Å²) >= 11 is 0. The number of sulfonamides is 1. The lowest BCUT2D eigenvalue weighted by Gasteiger charge is -2.36. The number of primary sulfonamides is 1. The molecule has 0 aliphatic heterocycles. The van der Waals surface area contributed by atoms with E-state index in [-0.39, 0.29) is 30.0 Å². The van der Waals surface area contributed by atoms with Crippen LogP contribution in [0.4, 0.5) is 0 Å². The summed E-state index contributed by atoms with van der Waals surface area (Å²) in [7, 11) is -3.71. The Morgan fingerprint density at radius 2 is 1.65 bits per heavy atom. The van der Waals surface area contributed by atoms with Gasteiger partial charge in [-0.25, -0.2) is 13.6 Å². The standard InChI is InChI=1S/C19H29NO5S/c1-19(2,3)15-6-4-14(5-7-15)18(21)25-13-12-24-16-8-10-17(11-9-16)26(20,22)23/h8-11,14-15H,4-7,12-13H2,1-3H3,(H2,20,22,23). The summed E-state index contributed by atoms with van der Waals surface area (Å²) in [6.45, 7) is 7.15. The fraction of sp³-hybridized carbons (Fsp3) is 0.632. The molecule has 0 bridgehead atoms. The lowest BCUT2D eigenvalue weighted by Crippen LogP contribution is -2.30. The highest BCUT2D eigenvalue weighted by Crippen LogP contribution is 2.40. The van der Waals surface area contributed by atoms with Crippen molar-refractivity contribution in [2.75, 3.05) is 13.2 Å². The van der Waals surface area contributed by atoms with E-state index in [4.69, 9.17) is 14.6 Å². The summed E-state index contributed by atoms with van der Waals surface area (Å²) in [4.78, 5) is 12.2. The summed E-state index contributed by atoms with van der Waals surface area (Å²) in [5.41, 5.74) is 0.293. The van der Waals surface area contributed by atoms with Gasteiger partial charge in [-0.3, -0.25) is 4.79 Å². The van der Waals surface area contributed by atoms with Crippen LogP contribution in [0.5, 0.6) is 5.75 Å². The second-order valence-corrected chi connectivity index (χ2v) is 9.51. The average Bonchev–Trinajstić information content (AvgIpc) is 2.57. The van der Waals surface area contributed by atoms with Crippen molar-refractivity contribution in [1.29, 1.82) is 0 Å². The van der Waals surface area contributed by atoms with Crippen LogP contribution in [-0.4, -0.2) is 27.6 Å². The Labute approximate surface area is 156 Å². The maximum absolute atomic E-state index is 12.2. The number of hydrogen-bond donors (Lipinski definition) is 1. The predicted molar refractivity (Wildman–Crippen MR) is 99.2 cm³/mol. The molecule has 1 aliphatic carbocycles. The molecule has 0 radical (unpaired) electrons. The maximum atomic E-state index is 12.2. The van der Waals surface area contributed by atoms with Gasteiger partial charge in [-0.1, -0.05) is 20.8 Å². The Morgan fingerprint density at radius 3 is 2.15 bits per heavy atom. The smallest absolute Gasteiger partial charge is 0.309 e. The number of carbonyl (C=O) groups excluding carboxylic acids is 1. The van der Waals surface area contributed by atoms with E-state index in [1.807, 2.05) is 0 Å². The van der Waals surface area contributed by atoms with Gasteiger partial charge in [0.1, 0.15) is 19.0 Å². The van der Waals surface area contributed by atoms with E-state index in [1.54, 1.807) is 0 Å². The van der Waals surface area contributed by atoms with Gasteiger partial charge in [-0.15, -0.1) is 0 Å². The van der Waals surface area contributed by atoms with E-state index in [1.165, 1.54) is 24.3 Å². The van der Waals surface area contributed by atoms with Crippen molar-refractivity contribution in [3.63, 3.8) is 0 Å². The van der Waals surface area contributed by atoms with E-state index in [9.17, 15) is 13.2 Å². The molecule has 0 atom stereocenters. The number of nitrogens with two attached hydrogens (primary N) is 1. The van der Waals surface area contributed by atoms with Crippen molar-refractivity contribution in [1.82, 2.24) is 0 Å². The number of carbonyl (C=O) groups is 1. The molecule has 6 nitrogen and oxygen atoms in total. The number of hydrogen-bond acceptors (Lipinski definition) is 5. The van der Waals surface area contributed by atoms with Crippen molar-refractivity contribution in [3.8, 4) is 5.75 Å². The minimum absolute atomic E-state index is 0.0114. The third-order valence-electron chi connectivity index (χ3n) is 5.03. The third-order valence-corrected chi connectivity index (χ3v) is 5.96. The Balaban J connectivity index is 1.69. The van der Waals surface area contributed by atoms with Crippen LogP contribution in [0, 0.1) is 17.3 Å². The topological polar surface area (TPSA) is 95.7 Å². The minimum Gasteiger partial charge on any atom is -0.490 e. The normalized spacial score (nSPS) is 21.2. The van der Waals surface area contributed by atoms with Gasteiger partial charge in [0.05, 0.1) is 10.8 Å². The first-order valence-electron chi connectivity index (χ1n) is 8.99. The van der Waals surface area contributed by atoms with Crippen LogP contribution in [0.3, 0.4) is 0 Å². The molecule has 0 heterocycles. The highest BCUT2D eigenvalue weighted by atomic mass is 32.2.